The highest BCUT2D eigenvalue weighted by molar-refractivity contribution is 5.81. The monoisotopic (exact) mass is 390 g/mol. The number of carbonyl (C=O) groups is 3. The average Bonchev–Trinajstić information content (AvgIpc) is 2.66. The molecule has 0 aliphatic carbocycles. The molecule has 1 saturated heterocycles. The maximum absolute atomic E-state index is 12.6. The van der Waals surface area contributed by atoms with Gasteiger partial charge in [-0.25, -0.2) is 0 Å². The van der Waals surface area contributed by atoms with Crippen molar-refractivity contribution in [2.75, 3.05) is 26.8 Å². The Morgan fingerprint density at radius 1 is 1.21 bits per heavy atom. The number of aryl methyl sites for hydroxylation is 1. The van der Waals surface area contributed by atoms with Crippen molar-refractivity contribution >= 4 is 17.8 Å². The fourth-order valence-corrected chi connectivity index (χ4v) is 3.63. The zero-order valence-corrected chi connectivity index (χ0v) is 16.6. The third-order valence-corrected chi connectivity index (χ3v) is 5.12. The highest BCUT2D eigenvalue weighted by Crippen LogP contribution is 2.21. The molecule has 1 aromatic rings. The van der Waals surface area contributed by atoms with Gasteiger partial charge in [0.2, 0.25) is 11.8 Å². The Balaban J connectivity index is 1.80. The summed E-state index contributed by atoms with van der Waals surface area (Å²) < 4.78 is 5.08. The van der Waals surface area contributed by atoms with E-state index in [2.05, 4.69) is 5.32 Å². The number of hydrogen-bond acceptors (Lipinski definition) is 4. The highest BCUT2D eigenvalue weighted by Gasteiger charge is 2.34. The van der Waals surface area contributed by atoms with E-state index in [1.165, 1.54) is 7.11 Å². The molecule has 7 nitrogen and oxygen atoms in total. The molecule has 0 aromatic heterocycles. The van der Waals surface area contributed by atoms with Gasteiger partial charge < -0.3 is 20.1 Å². The largest absolute Gasteiger partial charge is 0.481 e. The van der Waals surface area contributed by atoms with E-state index in [0.717, 1.165) is 5.56 Å². The Morgan fingerprint density at radius 2 is 1.86 bits per heavy atom. The van der Waals surface area contributed by atoms with Crippen molar-refractivity contribution in [2.45, 2.75) is 44.6 Å². The number of benzene rings is 1. The Kier molecular flexibility index (Phi) is 7.99. The number of amides is 2. The van der Waals surface area contributed by atoms with Gasteiger partial charge >= 0.3 is 5.97 Å². The number of nitrogens with one attached hydrogen (secondary N) is 1. The van der Waals surface area contributed by atoms with E-state index in [0.29, 0.717) is 38.8 Å². The first kappa shape index (κ1) is 21.9. The summed E-state index contributed by atoms with van der Waals surface area (Å²) in [4.78, 5) is 37.9. The van der Waals surface area contributed by atoms with Crippen molar-refractivity contribution in [3.63, 3.8) is 0 Å². The summed E-state index contributed by atoms with van der Waals surface area (Å²) in [5.41, 5.74) is 0.196. The van der Waals surface area contributed by atoms with Crippen LogP contribution in [0.2, 0.25) is 0 Å². The number of ether oxygens (including phenoxy) is 1. The second kappa shape index (κ2) is 10.2. The Hall–Kier alpha value is -2.41. The summed E-state index contributed by atoms with van der Waals surface area (Å²) in [5, 5.41) is 11.9. The third kappa shape index (κ3) is 6.64. The number of hydrogen-bond donors (Lipinski definition) is 2. The number of carboxylic acids is 1. The smallest absolute Gasteiger partial charge is 0.305 e. The van der Waals surface area contributed by atoms with E-state index < -0.39 is 11.5 Å². The SMILES string of the molecule is COCC(C)(CC(=O)O)NC(=O)C1CCN(C(=O)CCc2ccccc2)CC1. The molecule has 1 aromatic carbocycles. The lowest BCUT2D eigenvalue weighted by atomic mass is 9.92. The Labute approximate surface area is 166 Å². The topological polar surface area (TPSA) is 95.9 Å². The summed E-state index contributed by atoms with van der Waals surface area (Å²) in [5.74, 6) is -1.27. The molecular weight excluding hydrogens is 360 g/mol. The quantitative estimate of drug-likeness (QED) is 0.671. The van der Waals surface area contributed by atoms with Gasteiger partial charge in [0.05, 0.1) is 18.6 Å². The molecule has 28 heavy (non-hydrogen) atoms. The molecule has 1 unspecified atom stereocenters. The van der Waals surface area contributed by atoms with Crippen molar-refractivity contribution in [1.82, 2.24) is 10.2 Å². The minimum Gasteiger partial charge on any atom is -0.481 e. The molecule has 2 N–H and O–H groups in total. The van der Waals surface area contributed by atoms with Gasteiger partial charge in [-0.1, -0.05) is 30.3 Å². The summed E-state index contributed by atoms with van der Waals surface area (Å²) in [6.07, 6.45) is 2.14. The van der Waals surface area contributed by atoms with E-state index in [4.69, 9.17) is 9.84 Å². The van der Waals surface area contributed by atoms with Crippen LogP contribution in [0, 0.1) is 5.92 Å². The fourth-order valence-electron chi connectivity index (χ4n) is 3.63. The molecule has 2 rings (SSSR count). The molecule has 1 aliphatic rings. The van der Waals surface area contributed by atoms with Crippen LogP contribution in [0.3, 0.4) is 0 Å². The molecule has 0 spiro atoms. The van der Waals surface area contributed by atoms with Crippen molar-refractivity contribution in [1.29, 1.82) is 0 Å². The molecule has 1 aliphatic heterocycles. The van der Waals surface area contributed by atoms with Gasteiger partial charge in [0.15, 0.2) is 0 Å². The number of aliphatic carboxylic acids is 1. The van der Waals surface area contributed by atoms with Crippen LogP contribution in [0.1, 0.15) is 38.2 Å². The van der Waals surface area contributed by atoms with Gasteiger partial charge in [0.1, 0.15) is 0 Å². The molecule has 7 heteroatoms. The predicted octanol–water partition coefficient (Wildman–Crippen LogP) is 1.85. The second-order valence-corrected chi connectivity index (χ2v) is 7.69. The zero-order valence-electron chi connectivity index (χ0n) is 16.6. The summed E-state index contributed by atoms with van der Waals surface area (Å²) in [6, 6.07) is 9.91. The molecular formula is C21H30N2O5. The number of carboxylic acid groups (broad SMARTS) is 1. The highest BCUT2D eigenvalue weighted by atomic mass is 16.5. The van der Waals surface area contributed by atoms with Gasteiger partial charge in [-0.3, -0.25) is 14.4 Å². The van der Waals surface area contributed by atoms with Gasteiger partial charge in [-0.05, 0) is 31.7 Å². The molecule has 0 radical (unpaired) electrons. The van der Waals surface area contributed by atoms with Crippen LogP contribution >= 0.6 is 0 Å². The van der Waals surface area contributed by atoms with E-state index in [9.17, 15) is 14.4 Å². The molecule has 2 amide bonds. The van der Waals surface area contributed by atoms with Crippen LogP contribution < -0.4 is 5.32 Å². The maximum atomic E-state index is 12.6. The Morgan fingerprint density at radius 3 is 2.43 bits per heavy atom. The molecule has 1 atom stereocenters. The van der Waals surface area contributed by atoms with Gasteiger partial charge in [0, 0.05) is 32.5 Å². The van der Waals surface area contributed by atoms with E-state index in [1.54, 1.807) is 6.92 Å². The van der Waals surface area contributed by atoms with Crippen LogP contribution in [0.15, 0.2) is 30.3 Å². The van der Waals surface area contributed by atoms with Crippen LogP contribution in [-0.2, 0) is 25.5 Å². The number of rotatable bonds is 9. The van der Waals surface area contributed by atoms with Gasteiger partial charge in [0.25, 0.3) is 0 Å². The van der Waals surface area contributed by atoms with Gasteiger partial charge in [-0.15, -0.1) is 0 Å². The minimum atomic E-state index is -0.987. The van der Waals surface area contributed by atoms with Crippen molar-refractivity contribution in [2.24, 2.45) is 5.92 Å². The van der Waals surface area contributed by atoms with Crippen molar-refractivity contribution in [3.05, 3.63) is 35.9 Å². The summed E-state index contributed by atoms with van der Waals surface area (Å²) in [6.45, 7) is 2.89. The number of nitrogens with zero attached hydrogens (tertiary/aromatic N) is 1. The molecule has 0 bridgehead atoms. The molecule has 154 valence electrons. The van der Waals surface area contributed by atoms with Crippen LogP contribution in [0.4, 0.5) is 0 Å². The van der Waals surface area contributed by atoms with Crippen LogP contribution in [0.5, 0.6) is 0 Å². The fraction of sp³-hybridized carbons (Fsp3) is 0.571. The first-order valence-electron chi connectivity index (χ1n) is 9.67. The lowest BCUT2D eigenvalue weighted by molar-refractivity contribution is -0.141. The lowest BCUT2D eigenvalue weighted by Gasteiger charge is -2.34. The zero-order chi connectivity index (χ0) is 20.6. The van der Waals surface area contributed by atoms with Crippen LogP contribution in [-0.4, -0.2) is 60.1 Å². The first-order valence-corrected chi connectivity index (χ1v) is 9.67. The summed E-state index contributed by atoms with van der Waals surface area (Å²) >= 11 is 0. The first-order chi connectivity index (χ1) is 13.3. The van der Waals surface area contributed by atoms with E-state index in [1.807, 2.05) is 35.2 Å². The number of likely N-dealkylation sites (tertiary alicyclic amines) is 1. The predicted molar refractivity (Wildman–Crippen MR) is 105 cm³/mol. The minimum absolute atomic E-state index is 0.109. The van der Waals surface area contributed by atoms with Crippen LogP contribution in [0.25, 0.3) is 0 Å². The number of piperidine rings is 1. The number of methoxy groups -OCH3 is 1. The molecule has 0 saturated carbocycles. The Bertz CT molecular complexity index is 671. The van der Waals surface area contributed by atoms with Gasteiger partial charge in [-0.2, -0.15) is 0 Å². The lowest BCUT2D eigenvalue weighted by Crippen LogP contribution is -2.54. The maximum Gasteiger partial charge on any atom is 0.305 e. The molecule has 1 heterocycles. The van der Waals surface area contributed by atoms with E-state index in [-0.39, 0.29) is 30.8 Å². The number of carbonyl (C=O) groups excluding carboxylic acids is 2. The van der Waals surface area contributed by atoms with Crippen molar-refractivity contribution < 1.29 is 24.2 Å². The van der Waals surface area contributed by atoms with Crippen molar-refractivity contribution in [3.8, 4) is 0 Å². The van der Waals surface area contributed by atoms with E-state index >= 15 is 0 Å². The normalized spacial score (nSPS) is 17.0. The molecule has 1 fully saturated rings. The third-order valence-electron chi connectivity index (χ3n) is 5.12. The standard InChI is InChI=1S/C21H30N2O5/c1-21(15-28-2,14-19(25)26)22-20(27)17-10-12-23(13-11-17)18(24)9-8-16-6-4-3-5-7-16/h3-7,17H,8-15H2,1-2H3,(H,22,27)(H,25,26). The summed E-state index contributed by atoms with van der Waals surface area (Å²) in [7, 11) is 1.48. The average molecular weight is 390 g/mol. The second-order valence-electron chi connectivity index (χ2n) is 7.69.